The van der Waals surface area contributed by atoms with Crippen molar-refractivity contribution < 1.29 is 4.79 Å². The highest BCUT2D eigenvalue weighted by Gasteiger charge is 2.17. The molecule has 4 N–H and O–H groups in total. The van der Waals surface area contributed by atoms with Gasteiger partial charge in [0.15, 0.2) is 0 Å². The maximum Gasteiger partial charge on any atom is 0.252 e. The third-order valence-electron chi connectivity index (χ3n) is 3.73. The number of hydrogen-bond donors (Lipinski definition) is 2. The summed E-state index contributed by atoms with van der Waals surface area (Å²) in [6.45, 7) is 0. The first-order chi connectivity index (χ1) is 9.16. The van der Waals surface area contributed by atoms with E-state index in [9.17, 15) is 4.79 Å². The van der Waals surface area contributed by atoms with Gasteiger partial charge < -0.3 is 11.5 Å². The number of rotatable bonds is 2. The number of carbonyl (C=O) groups excluding carboxylic acids is 1. The summed E-state index contributed by atoms with van der Waals surface area (Å²) in [6.07, 6.45) is 4.79. The summed E-state index contributed by atoms with van der Waals surface area (Å²) in [5, 5.41) is 2.42. The molecule has 0 radical (unpaired) electrons. The highest BCUT2D eigenvalue weighted by molar-refractivity contribution is 7.15. The molecule has 0 aliphatic heterocycles. The normalized spacial score (nSPS) is 14.1. The van der Waals surface area contributed by atoms with Crippen LogP contribution in [0.2, 0.25) is 0 Å². The SMILES string of the molecule is NC(=O)c1c(-c2ccc3c(c2)CCCC3)csc1N. The van der Waals surface area contributed by atoms with Crippen LogP contribution in [-0.4, -0.2) is 5.91 Å². The lowest BCUT2D eigenvalue weighted by Gasteiger charge is -2.16. The van der Waals surface area contributed by atoms with E-state index in [-0.39, 0.29) is 0 Å². The van der Waals surface area contributed by atoms with E-state index >= 15 is 0 Å². The summed E-state index contributed by atoms with van der Waals surface area (Å²) in [6, 6.07) is 6.42. The van der Waals surface area contributed by atoms with Crippen molar-refractivity contribution in [3.05, 3.63) is 40.3 Å². The fourth-order valence-electron chi connectivity index (χ4n) is 2.74. The van der Waals surface area contributed by atoms with Crippen molar-refractivity contribution in [2.45, 2.75) is 25.7 Å². The quantitative estimate of drug-likeness (QED) is 0.882. The third kappa shape index (κ3) is 2.12. The van der Waals surface area contributed by atoms with Crippen molar-refractivity contribution in [3.63, 3.8) is 0 Å². The molecular weight excluding hydrogens is 256 g/mol. The largest absolute Gasteiger partial charge is 0.390 e. The molecule has 4 heteroatoms. The fourth-order valence-corrected chi connectivity index (χ4v) is 3.57. The number of thiophene rings is 1. The number of fused-ring (bicyclic) bond motifs is 1. The van der Waals surface area contributed by atoms with Gasteiger partial charge in [-0.1, -0.05) is 18.2 Å². The van der Waals surface area contributed by atoms with E-state index in [0.29, 0.717) is 10.6 Å². The second-order valence-corrected chi connectivity index (χ2v) is 5.85. The molecule has 98 valence electrons. The van der Waals surface area contributed by atoms with Gasteiger partial charge in [-0.15, -0.1) is 11.3 Å². The molecule has 1 aromatic heterocycles. The molecule has 0 saturated heterocycles. The van der Waals surface area contributed by atoms with Crippen molar-refractivity contribution in [1.82, 2.24) is 0 Å². The molecule has 1 aliphatic rings. The van der Waals surface area contributed by atoms with Gasteiger partial charge in [0.1, 0.15) is 0 Å². The zero-order chi connectivity index (χ0) is 13.4. The maximum absolute atomic E-state index is 11.5. The van der Waals surface area contributed by atoms with E-state index in [2.05, 4.69) is 18.2 Å². The topological polar surface area (TPSA) is 69.1 Å². The Balaban J connectivity index is 2.10. The second-order valence-electron chi connectivity index (χ2n) is 4.94. The molecule has 0 spiro atoms. The molecule has 1 amide bonds. The first-order valence-corrected chi connectivity index (χ1v) is 7.33. The number of amides is 1. The minimum atomic E-state index is -0.452. The van der Waals surface area contributed by atoms with Crippen LogP contribution in [0.25, 0.3) is 11.1 Å². The molecular formula is C15H16N2OS. The molecule has 0 fully saturated rings. The van der Waals surface area contributed by atoms with Crippen molar-refractivity contribution in [2.75, 3.05) is 5.73 Å². The Morgan fingerprint density at radius 1 is 1.16 bits per heavy atom. The van der Waals surface area contributed by atoms with Crippen molar-refractivity contribution in [2.24, 2.45) is 5.73 Å². The van der Waals surface area contributed by atoms with Crippen molar-refractivity contribution in [3.8, 4) is 11.1 Å². The van der Waals surface area contributed by atoms with Crippen molar-refractivity contribution in [1.29, 1.82) is 0 Å². The summed E-state index contributed by atoms with van der Waals surface area (Å²) in [5.74, 6) is -0.452. The van der Waals surface area contributed by atoms with Gasteiger partial charge in [0.05, 0.1) is 10.6 Å². The van der Waals surface area contributed by atoms with E-state index in [4.69, 9.17) is 11.5 Å². The number of primary amides is 1. The van der Waals surface area contributed by atoms with E-state index in [1.807, 2.05) is 5.38 Å². The molecule has 1 heterocycles. The van der Waals surface area contributed by atoms with Crippen molar-refractivity contribution >= 4 is 22.2 Å². The number of anilines is 1. The average Bonchev–Trinajstić information content (AvgIpc) is 2.80. The zero-order valence-corrected chi connectivity index (χ0v) is 11.4. The van der Waals surface area contributed by atoms with E-state index in [0.717, 1.165) is 24.0 Å². The Kier molecular flexibility index (Phi) is 3.03. The number of carbonyl (C=O) groups is 1. The van der Waals surface area contributed by atoms with Crippen LogP contribution in [0, 0.1) is 0 Å². The molecule has 1 aliphatic carbocycles. The number of aryl methyl sites for hydroxylation is 2. The standard InChI is InChI=1S/C15H16N2OS/c16-14(18)13-12(8-19-15(13)17)11-6-5-9-3-1-2-4-10(9)7-11/h5-8H,1-4,17H2,(H2,16,18). The summed E-state index contributed by atoms with van der Waals surface area (Å²) >= 11 is 1.37. The summed E-state index contributed by atoms with van der Waals surface area (Å²) in [5.41, 5.74) is 16.4. The first-order valence-electron chi connectivity index (χ1n) is 6.46. The Hall–Kier alpha value is -1.81. The maximum atomic E-state index is 11.5. The predicted octanol–water partition coefficient (Wildman–Crippen LogP) is 2.98. The molecule has 3 rings (SSSR count). The molecule has 3 nitrogen and oxygen atoms in total. The highest BCUT2D eigenvalue weighted by Crippen LogP contribution is 2.35. The van der Waals surface area contributed by atoms with Gasteiger partial charge in [-0.2, -0.15) is 0 Å². The van der Waals surface area contributed by atoms with E-state index < -0.39 is 5.91 Å². The van der Waals surface area contributed by atoms with Crippen LogP contribution in [0.4, 0.5) is 5.00 Å². The third-order valence-corrected chi connectivity index (χ3v) is 4.54. The molecule has 0 unspecified atom stereocenters. The number of nitrogens with two attached hydrogens (primary N) is 2. The second kappa shape index (κ2) is 4.70. The van der Waals surface area contributed by atoms with Crippen LogP contribution in [0.5, 0.6) is 0 Å². The monoisotopic (exact) mass is 272 g/mol. The van der Waals surface area contributed by atoms with Gasteiger partial charge in [0, 0.05) is 10.9 Å². The Morgan fingerprint density at radius 2 is 1.89 bits per heavy atom. The van der Waals surface area contributed by atoms with Gasteiger partial charge in [-0.05, 0) is 42.4 Å². The van der Waals surface area contributed by atoms with E-state index in [1.54, 1.807) is 0 Å². The molecule has 0 atom stereocenters. The predicted molar refractivity (Wildman–Crippen MR) is 79.3 cm³/mol. The smallest absolute Gasteiger partial charge is 0.252 e. The number of benzene rings is 1. The molecule has 0 bridgehead atoms. The molecule has 19 heavy (non-hydrogen) atoms. The number of nitrogen functional groups attached to an aromatic ring is 1. The van der Waals surface area contributed by atoms with E-state index in [1.165, 1.54) is 35.3 Å². The zero-order valence-electron chi connectivity index (χ0n) is 10.6. The van der Waals surface area contributed by atoms with Gasteiger partial charge in [-0.25, -0.2) is 0 Å². The van der Waals surface area contributed by atoms with Gasteiger partial charge in [-0.3, -0.25) is 4.79 Å². The number of hydrogen-bond acceptors (Lipinski definition) is 3. The summed E-state index contributed by atoms with van der Waals surface area (Å²) < 4.78 is 0. The molecule has 2 aromatic rings. The van der Waals surface area contributed by atoms with Gasteiger partial charge in [0.25, 0.3) is 5.91 Å². The van der Waals surface area contributed by atoms with Gasteiger partial charge in [0.2, 0.25) is 0 Å². The summed E-state index contributed by atoms with van der Waals surface area (Å²) in [7, 11) is 0. The van der Waals surface area contributed by atoms with Crippen LogP contribution >= 0.6 is 11.3 Å². The fraction of sp³-hybridized carbons (Fsp3) is 0.267. The highest BCUT2D eigenvalue weighted by atomic mass is 32.1. The molecule has 0 saturated carbocycles. The van der Waals surface area contributed by atoms with Crippen LogP contribution in [0.15, 0.2) is 23.6 Å². The van der Waals surface area contributed by atoms with Gasteiger partial charge >= 0.3 is 0 Å². The van der Waals surface area contributed by atoms with Crippen LogP contribution in [0.1, 0.15) is 34.3 Å². The Labute approximate surface area is 116 Å². The minimum Gasteiger partial charge on any atom is -0.390 e. The molecule has 1 aromatic carbocycles. The lowest BCUT2D eigenvalue weighted by atomic mass is 9.89. The first kappa shape index (κ1) is 12.2. The average molecular weight is 272 g/mol. The van der Waals surface area contributed by atoms with Crippen LogP contribution in [0.3, 0.4) is 0 Å². The van der Waals surface area contributed by atoms with Crippen LogP contribution < -0.4 is 11.5 Å². The Bertz CT molecular complexity index is 646. The minimum absolute atomic E-state index is 0.452. The Morgan fingerprint density at radius 3 is 2.63 bits per heavy atom. The lowest BCUT2D eigenvalue weighted by molar-refractivity contribution is 0.100. The lowest BCUT2D eigenvalue weighted by Crippen LogP contribution is -2.13. The van der Waals surface area contributed by atoms with Crippen LogP contribution in [-0.2, 0) is 12.8 Å². The summed E-state index contributed by atoms with van der Waals surface area (Å²) in [4.78, 5) is 11.5.